The van der Waals surface area contributed by atoms with E-state index in [-0.39, 0.29) is 0 Å². The zero-order chi connectivity index (χ0) is 12.4. The summed E-state index contributed by atoms with van der Waals surface area (Å²) in [5, 5.41) is 8.88. The number of hydrogen-bond acceptors (Lipinski definition) is 4. The van der Waals surface area contributed by atoms with Gasteiger partial charge in [-0.25, -0.2) is 9.78 Å². The molecule has 0 aliphatic carbocycles. The maximum atomic E-state index is 10.8. The van der Waals surface area contributed by atoms with Crippen LogP contribution in [0.1, 0.15) is 9.67 Å². The Hall–Kier alpha value is -1.40. The first-order chi connectivity index (χ1) is 8.11. The van der Waals surface area contributed by atoms with E-state index < -0.39 is 5.97 Å². The molecule has 0 aliphatic heterocycles. The van der Waals surface area contributed by atoms with E-state index in [2.05, 4.69) is 20.9 Å². The van der Waals surface area contributed by atoms with Crippen molar-refractivity contribution >= 4 is 33.2 Å². The Labute approximate surface area is 110 Å². The van der Waals surface area contributed by atoms with Gasteiger partial charge in [-0.05, 0) is 34.1 Å². The van der Waals surface area contributed by atoms with Crippen molar-refractivity contribution in [2.45, 2.75) is 0 Å². The van der Waals surface area contributed by atoms with Gasteiger partial charge in [0.05, 0.1) is 12.7 Å². The summed E-state index contributed by atoms with van der Waals surface area (Å²) in [6.07, 6.45) is 1.63. The first-order valence-electron chi connectivity index (χ1n) is 4.65. The summed E-state index contributed by atoms with van der Waals surface area (Å²) in [5.74, 6) is -0.449. The highest BCUT2D eigenvalue weighted by Crippen LogP contribution is 2.35. The molecule has 0 spiro atoms. The van der Waals surface area contributed by atoms with Crippen LogP contribution in [0.15, 0.2) is 28.9 Å². The molecule has 0 fully saturated rings. The predicted octanol–water partition coefficient (Wildman–Crippen LogP) is 3.28. The van der Waals surface area contributed by atoms with Gasteiger partial charge in [0.2, 0.25) is 5.88 Å². The number of pyridine rings is 1. The second-order valence-corrected chi connectivity index (χ2v) is 5.18. The van der Waals surface area contributed by atoms with Gasteiger partial charge in [-0.15, -0.1) is 11.3 Å². The van der Waals surface area contributed by atoms with Crippen molar-refractivity contribution in [1.82, 2.24) is 4.98 Å². The highest BCUT2D eigenvalue weighted by molar-refractivity contribution is 9.10. The molecule has 6 heteroatoms. The van der Waals surface area contributed by atoms with Crippen molar-refractivity contribution < 1.29 is 14.6 Å². The van der Waals surface area contributed by atoms with Crippen molar-refractivity contribution in [3.63, 3.8) is 0 Å². The molecule has 2 aromatic heterocycles. The Morgan fingerprint density at radius 1 is 1.53 bits per heavy atom. The molecule has 0 bridgehead atoms. The Balaban J connectivity index is 2.51. The third-order valence-electron chi connectivity index (χ3n) is 2.09. The maximum Gasteiger partial charge on any atom is 0.345 e. The standard InChI is InChI=1S/C11H8BrNO3S/c1-16-10-7(4-6(12)5-13-10)8-2-3-9(17-8)11(14)15/h2-5H,1H3,(H,14,15). The molecule has 88 valence electrons. The molecule has 0 aliphatic rings. The molecule has 17 heavy (non-hydrogen) atoms. The number of aromatic nitrogens is 1. The van der Waals surface area contributed by atoms with E-state index in [1.165, 1.54) is 18.4 Å². The lowest BCUT2D eigenvalue weighted by atomic mass is 10.2. The van der Waals surface area contributed by atoms with Crippen molar-refractivity contribution in [2.75, 3.05) is 7.11 Å². The van der Waals surface area contributed by atoms with E-state index in [1.807, 2.05) is 6.07 Å². The molecular formula is C11H8BrNO3S. The van der Waals surface area contributed by atoms with Gasteiger partial charge in [0.15, 0.2) is 0 Å². The fourth-order valence-corrected chi connectivity index (χ4v) is 2.55. The highest BCUT2D eigenvalue weighted by atomic mass is 79.9. The van der Waals surface area contributed by atoms with Crippen LogP contribution in [0.2, 0.25) is 0 Å². The molecule has 2 rings (SSSR count). The summed E-state index contributed by atoms with van der Waals surface area (Å²) in [5.41, 5.74) is 0.777. The number of aromatic carboxylic acids is 1. The third-order valence-corrected chi connectivity index (χ3v) is 3.63. The van der Waals surface area contributed by atoms with Gasteiger partial charge in [-0.1, -0.05) is 0 Å². The Morgan fingerprint density at radius 2 is 2.29 bits per heavy atom. The molecule has 0 atom stereocenters. The second-order valence-electron chi connectivity index (χ2n) is 3.18. The third kappa shape index (κ3) is 2.48. The quantitative estimate of drug-likeness (QED) is 0.944. The van der Waals surface area contributed by atoms with Gasteiger partial charge >= 0.3 is 5.97 Å². The summed E-state index contributed by atoms with van der Waals surface area (Å²) in [4.78, 5) is 16.0. The van der Waals surface area contributed by atoms with Gasteiger partial charge in [-0.2, -0.15) is 0 Å². The SMILES string of the molecule is COc1ncc(Br)cc1-c1ccc(C(=O)O)s1. The monoisotopic (exact) mass is 313 g/mol. The van der Waals surface area contributed by atoms with E-state index >= 15 is 0 Å². The molecule has 0 amide bonds. The predicted molar refractivity (Wildman–Crippen MR) is 68.8 cm³/mol. The fourth-order valence-electron chi connectivity index (χ4n) is 1.36. The smallest absolute Gasteiger partial charge is 0.345 e. The first kappa shape index (κ1) is 12.1. The first-order valence-corrected chi connectivity index (χ1v) is 6.26. The number of carboxylic acid groups (broad SMARTS) is 1. The largest absolute Gasteiger partial charge is 0.481 e. The van der Waals surface area contributed by atoms with E-state index in [0.29, 0.717) is 10.8 Å². The van der Waals surface area contributed by atoms with Crippen LogP contribution >= 0.6 is 27.3 Å². The normalized spacial score (nSPS) is 10.2. The number of hydrogen-bond donors (Lipinski definition) is 1. The van der Waals surface area contributed by atoms with E-state index in [1.54, 1.807) is 18.3 Å². The molecule has 0 saturated carbocycles. The number of methoxy groups -OCH3 is 1. The average molecular weight is 314 g/mol. The summed E-state index contributed by atoms with van der Waals surface area (Å²) in [7, 11) is 1.53. The Bertz CT molecular complexity index is 568. The van der Waals surface area contributed by atoms with E-state index in [9.17, 15) is 4.79 Å². The lowest BCUT2D eigenvalue weighted by Gasteiger charge is -2.05. The van der Waals surface area contributed by atoms with Crippen LogP contribution in [0.25, 0.3) is 10.4 Å². The second kappa shape index (κ2) is 4.85. The van der Waals surface area contributed by atoms with Crippen LogP contribution < -0.4 is 4.74 Å². The van der Waals surface area contributed by atoms with Crippen molar-refractivity contribution in [2.24, 2.45) is 0 Å². The van der Waals surface area contributed by atoms with Gasteiger partial charge in [-0.3, -0.25) is 0 Å². The minimum Gasteiger partial charge on any atom is -0.481 e. The number of carboxylic acids is 1. The zero-order valence-corrected chi connectivity index (χ0v) is 11.2. The zero-order valence-electron chi connectivity index (χ0n) is 8.81. The van der Waals surface area contributed by atoms with Gasteiger partial charge in [0.1, 0.15) is 4.88 Å². The fraction of sp³-hybridized carbons (Fsp3) is 0.0909. The van der Waals surface area contributed by atoms with Gasteiger partial charge < -0.3 is 9.84 Å². The number of carbonyl (C=O) groups is 1. The summed E-state index contributed by atoms with van der Waals surface area (Å²) in [6.45, 7) is 0. The van der Waals surface area contributed by atoms with Crippen LogP contribution in [0, 0.1) is 0 Å². The van der Waals surface area contributed by atoms with Crippen LogP contribution in [-0.2, 0) is 0 Å². The molecule has 2 heterocycles. The molecule has 0 unspecified atom stereocenters. The summed E-state index contributed by atoms with van der Waals surface area (Å²) >= 11 is 4.52. The van der Waals surface area contributed by atoms with Crippen molar-refractivity contribution in [1.29, 1.82) is 0 Å². The molecule has 2 aromatic rings. The molecule has 0 saturated heterocycles. The number of rotatable bonds is 3. The Kier molecular flexibility index (Phi) is 3.44. The van der Waals surface area contributed by atoms with Crippen LogP contribution in [-0.4, -0.2) is 23.2 Å². The summed E-state index contributed by atoms with van der Waals surface area (Å²) in [6, 6.07) is 5.17. The minimum absolute atomic E-state index is 0.294. The maximum absolute atomic E-state index is 10.8. The Morgan fingerprint density at radius 3 is 2.88 bits per heavy atom. The number of nitrogens with zero attached hydrogens (tertiary/aromatic N) is 1. The number of halogens is 1. The van der Waals surface area contributed by atoms with E-state index in [0.717, 1.165) is 14.9 Å². The molecule has 0 radical (unpaired) electrons. The minimum atomic E-state index is -0.928. The number of ether oxygens (including phenoxy) is 1. The lowest BCUT2D eigenvalue weighted by Crippen LogP contribution is -1.90. The van der Waals surface area contributed by atoms with Gasteiger partial charge in [0.25, 0.3) is 0 Å². The van der Waals surface area contributed by atoms with Gasteiger partial charge in [0, 0.05) is 15.5 Å². The molecule has 4 nitrogen and oxygen atoms in total. The van der Waals surface area contributed by atoms with Crippen LogP contribution in [0.3, 0.4) is 0 Å². The molecule has 1 N–H and O–H groups in total. The molecule has 0 aromatic carbocycles. The van der Waals surface area contributed by atoms with Crippen molar-refractivity contribution in [3.8, 4) is 16.3 Å². The van der Waals surface area contributed by atoms with E-state index in [4.69, 9.17) is 9.84 Å². The average Bonchev–Trinajstić information content (AvgIpc) is 2.78. The highest BCUT2D eigenvalue weighted by Gasteiger charge is 2.13. The van der Waals surface area contributed by atoms with Crippen LogP contribution in [0.4, 0.5) is 0 Å². The molecular weight excluding hydrogens is 306 g/mol. The number of thiophene rings is 1. The van der Waals surface area contributed by atoms with Crippen molar-refractivity contribution in [3.05, 3.63) is 33.7 Å². The topological polar surface area (TPSA) is 59.4 Å². The lowest BCUT2D eigenvalue weighted by molar-refractivity contribution is 0.0702. The van der Waals surface area contributed by atoms with Crippen LogP contribution in [0.5, 0.6) is 5.88 Å². The summed E-state index contributed by atoms with van der Waals surface area (Å²) < 4.78 is 5.97.